The maximum absolute atomic E-state index is 15.0. The van der Waals surface area contributed by atoms with Crippen LogP contribution in [0, 0.1) is 23.7 Å². The quantitative estimate of drug-likeness (QED) is 0.289. The Labute approximate surface area is 350 Å². The third-order valence-electron chi connectivity index (χ3n) is 13.7. The van der Waals surface area contributed by atoms with Crippen LogP contribution in [-0.4, -0.2) is 96.8 Å². The van der Waals surface area contributed by atoms with Gasteiger partial charge in [0.15, 0.2) is 9.84 Å². The van der Waals surface area contributed by atoms with E-state index in [2.05, 4.69) is 15.0 Å². The molecule has 2 aliphatic heterocycles. The van der Waals surface area contributed by atoms with Crippen molar-refractivity contribution in [2.45, 2.75) is 144 Å². The average molecular weight is 870 g/mol. The molecule has 1 aromatic heterocycles. The van der Waals surface area contributed by atoms with E-state index in [-0.39, 0.29) is 78.0 Å². The molecule has 4 saturated carbocycles. The molecule has 3 amide bonds. The first-order valence-electron chi connectivity index (χ1n) is 21.5. The van der Waals surface area contributed by atoms with Crippen LogP contribution in [0.4, 0.5) is 0 Å². The molecule has 7 atom stereocenters. The summed E-state index contributed by atoms with van der Waals surface area (Å²) < 4.78 is 66.8. The molecular weight excluding hydrogens is 815 g/mol. The number of carbonyl (C=O) groups is 4. The SMILES string of the molecule is CC[C@H]1C[C@]1(NC(=O)[C@@H]1C[C@@H]2CN1C(=O)[C@H](C1CCCC1)CC(=O)O[C@@H]1CCC[C@H]1CC/C=C/Cn1c(nc3cc(S(C)(=O)=O)ccc3c1=O)O2)C(=O)NS(=O)(=O)C1CC1. The van der Waals surface area contributed by atoms with Gasteiger partial charge in [-0.3, -0.25) is 33.3 Å². The Morgan fingerprint density at radius 3 is 2.38 bits per heavy atom. The van der Waals surface area contributed by atoms with Crippen molar-refractivity contribution < 1.29 is 45.5 Å². The highest BCUT2D eigenvalue weighted by molar-refractivity contribution is 7.91. The minimum absolute atomic E-state index is 0.0311. The van der Waals surface area contributed by atoms with Gasteiger partial charge in [-0.15, -0.1) is 0 Å². The van der Waals surface area contributed by atoms with Crippen LogP contribution in [0.25, 0.3) is 10.9 Å². The molecular formula is C42H55N5O11S2. The number of fused-ring (bicyclic) bond motifs is 5. The fourth-order valence-electron chi connectivity index (χ4n) is 10.0. The number of ether oxygens (including phenoxy) is 2. The zero-order valence-corrected chi connectivity index (χ0v) is 35.8. The Morgan fingerprint density at radius 2 is 1.68 bits per heavy atom. The smallest absolute Gasteiger partial charge is 0.306 e. The predicted octanol–water partition coefficient (Wildman–Crippen LogP) is 3.30. The molecule has 0 radical (unpaired) electrons. The van der Waals surface area contributed by atoms with Crippen molar-refractivity contribution in [2.75, 3.05) is 12.8 Å². The lowest BCUT2D eigenvalue weighted by atomic mass is 9.86. The Hall–Kier alpha value is -4.32. The number of benzene rings is 1. The number of hydrogen-bond acceptors (Lipinski definition) is 12. The van der Waals surface area contributed by atoms with Gasteiger partial charge in [-0.05, 0) is 100 Å². The van der Waals surface area contributed by atoms with Crippen molar-refractivity contribution in [3.8, 4) is 6.01 Å². The predicted molar refractivity (Wildman–Crippen MR) is 219 cm³/mol. The van der Waals surface area contributed by atoms with Crippen LogP contribution >= 0.6 is 0 Å². The molecule has 326 valence electrons. The van der Waals surface area contributed by atoms with Crippen molar-refractivity contribution in [1.82, 2.24) is 24.5 Å². The molecule has 1 aromatic carbocycles. The van der Waals surface area contributed by atoms with Gasteiger partial charge in [0.05, 0.1) is 39.9 Å². The molecule has 1 saturated heterocycles. The first-order chi connectivity index (χ1) is 28.6. The summed E-state index contributed by atoms with van der Waals surface area (Å²) in [6.45, 7) is 1.79. The number of esters is 1. The van der Waals surface area contributed by atoms with Gasteiger partial charge in [-0.2, -0.15) is 4.98 Å². The van der Waals surface area contributed by atoms with E-state index in [1.807, 2.05) is 19.1 Å². The second-order valence-electron chi connectivity index (χ2n) is 17.8. The molecule has 8 rings (SSSR count). The van der Waals surface area contributed by atoms with Gasteiger partial charge in [0, 0.05) is 19.2 Å². The topological polar surface area (TPSA) is 217 Å². The number of allylic oxidation sites excluding steroid dienone is 2. The molecule has 0 spiro atoms. The summed E-state index contributed by atoms with van der Waals surface area (Å²) in [5.41, 5.74) is -1.86. The van der Waals surface area contributed by atoms with Gasteiger partial charge in [-0.1, -0.05) is 38.3 Å². The minimum atomic E-state index is -3.92. The highest BCUT2D eigenvalue weighted by Gasteiger charge is 2.62. The highest BCUT2D eigenvalue weighted by atomic mass is 32.2. The van der Waals surface area contributed by atoms with Crippen molar-refractivity contribution in [3.05, 3.63) is 40.7 Å². The number of amides is 3. The number of sulfonamides is 1. The van der Waals surface area contributed by atoms with Crippen LogP contribution in [0.5, 0.6) is 6.01 Å². The lowest BCUT2D eigenvalue weighted by Crippen LogP contribution is -2.57. The zero-order chi connectivity index (χ0) is 42.6. The third kappa shape index (κ3) is 8.59. The molecule has 18 heteroatoms. The lowest BCUT2D eigenvalue weighted by molar-refractivity contribution is -0.156. The van der Waals surface area contributed by atoms with E-state index in [0.29, 0.717) is 25.7 Å². The van der Waals surface area contributed by atoms with Gasteiger partial charge in [0.1, 0.15) is 23.8 Å². The highest BCUT2D eigenvalue weighted by Crippen LogP contribution is 2.47. The molecule has 6 aliphatic rings. The van der Waals surface area contributed by atoms with E-state index in [0.717, 1.165) is 57.6 Å². The molecule has 2 aromatic rings. The van der Waals surface area contributed by atoms with Crippen LogP contribution in [0.3, 0.4) is 0 Å². The Kier molecular flexibility index (Phi) is 11.7. The van der Waals surface area contributed by atoms with E-state index < -0.39 is 78.0 Å². The minimum Gasteiger partial charge on any atom is -0.462 e. The number of carbonyl (C=O) groups excluding carboxylic acids is 4. The Bertz CT molecular complexity index is 2370. The average Bonchev–Trinajstić information content (AvgIpc) is 3.99. The van der Waals surface area contributed by atoms with Crippen LogP contribution in [-0.2, 0) is 50.3 Å². The maximum Gasteiger partial charge on any atom is 0.306 e. The Balaban J connectivity index is 1.17. The Morgan fingerprint density at radius 1 is 0.933 bits per heavy atom. The molecule has 4 aliphatic carbocycles. The summed E-state index contributed by atoms with van der Waals surface area (Å²) in [4.78, 5) is 77.1. The van der Waals surface area contributed by atoms with Crippen LogP contribution in [0.2, 0.25) is 0 Å². The number of nitrogens with zero attached hydrogens (tertiary/aromatic N) is 3. The molecule has 5 fully saturated rings. The number of hydrogen-bond donors (Lipinski definition) is 2. The van der Waals surface area contributed by atoms with Crippen molar-refractivity contribution in [1.29, 1.82) is 0 Å². The number of rotatable bonds is 8. The molecule has 3 heterocycles. The van der Waals surface area contributed by atoms with Gasteiger partial charge >= 0.3 is 5.97 Å². The molecule has 60 heavy (non-hydrogen) atoms. The van der Waals surface area contributed by atoms with Gasteiger partial charge in [-0.25, -0.2) is 16.8 Å². The standard InChI is InChI=1S/C42H55N5O11S2/c1-3-27-23-42(27,40(52)45-60(55,56)29-15-16-29)44-37(49)34-20-28-24-47(34)39(51)32(25-10-6-7-11-25)22-36(48)58-35-14-9-13-26(35)12-5-4-8-19-46-38(50)31-18-17-30(59(2,53)54)21-33(31)43-41(46)57-28/h4,8,17-18,21,25-29,32,34-35H,3,5-7,9-16,19-20,22-24H2,1-2H3,(H,44,49)(H,45,52)/b8-4+/t26-,27+,28-,32+,34+,35-,42-/m1/s1. The summed E-state index contributed by atoms with van der Waals surface area (Å²) in [5.74, 6) is -3.45. The van der Waals surface area contributed by atoms with Gasteiger partial charge < -0.3 is 19.7 Å². The number of aromatic nitrogens is 2. The van der Waals surface area contributed by atoms with E-state index in [4.69, 9.17) is 9.47 Å². The summed E-state index contributed by atoms with van der Waals surface area (Å²) in [6.07, 6.45) is 12.3. The molecule has 0 unspecified atom stereocenters. The third-order valence-corrected chi connectivity index (χ3v) is 16.6. The van der Waals surface area contributed by atoms with Crippen molar-refractivity contribution in [3.63, 3.8) is 0 Å². The van der Waals surface area contributed by atoms with Crippen LogP contribution in [0.1, 0.15) is 103 Å². The molecule has 2 N–H and O–H groups in total. The monoisotopic (exact) mass is 869 g/mol. The lowest BCUT2D eigenvalue weighted by Gasteiger charge is -2.32. The van der Waals surface area contributed by atoms with Crippen LogP contribution < -0.4 is 20.3 Å². The first-order valence-corrected chi connectivity index (χ1v) is 25.0. The zero-order valence-electron chi connectivity index (χ0n) is 34.2. The van der Waals surface area contributed by atoms with E-state index in [1.165, 1.54) is 27.7 Å². The normalized spacial score (nSPS) is 31.0. The maximum atomic E-state index is 15.0. The van der Waals surface area contributed by atoms with Crippen molar-refractivity contribution >= 4 is 54.5 Å². The largest absolute Gasteiger partial charge is 0.462 e. The molecule has 2 bridgehead atoms. The van der Waals surface area contributed by atoms with E-state index >= 15 is 0 Å². The van der Waals surface area contributed by atoms with Gasteiger partial charge in [0.25, 0.3) is 17.5 Å². The summed E-state index contributed by atoms with van der Waals surface area (Å²) >= 11 is 0. The summed E-state index contributed by atoms with van der Waals surface area (Å²) in [7, 11) is -7.57. The second kappa shape index (κ2) is 16.5. The van der Waals surface area contributed by atoms with Crippen LogP contribution in [0.15, 0.2) is 40.0 Å². The van der Waals surface area contributed by atoms with E-state index in [1.54, 1.807) is 0 Å². The number of nitrogens with one attached hydrogen (secondary N) is 2. The summed E-state index contributed by atoms with van der Waals surface area (Å²) in [6, 6.07) is 2.79. The fraction of sp³-hybridized carbons (Fsp3) is 0.667. The molecule has 16 nitrogen and oxygen atoms in total. The second-order valence-corrected chi connectivity index (χ2v) is 21.8. The van der Waals surface area contributed by atoms with Crippen molar-refractivity contribution in [2.24, 2.45) is 23.7 Å². The van der Waals surface area contributed by atoms with E-state index in [9.17, 15) is 40.8 Å². The number of sulfone groups is 1. The fourth-order valence-corrected chi connectivity index (χ4v) is 12.0. The summed E-state index contributed by atoms with van der Waals surface area (Å²) in [5, 5.41) is 2.40. The van der Waals surface area contributed by atoms with Gasteiger partial charge in [0.2, 0.25) is 21.8 Å². The first kappa shape index (κ1) is 42.4.